The molecule has 2 heterocycles. The molecule has 2 aromatic rings. The van der Waals surface area contributed by atoms with Gasteiger partial charge in [0.1, 0.15) is 5.82 Å². The molecule has 0 saturated carbocycles. The van der Waals surface area contributed by atoms with Crippen molar-refractivity contribution in [1.29, 1.82) is 0 Å². The zero-order valence-electron chi connectivity index (χ0n) is 9.46. The molecule has 0 radical (unpaired) electrons. The van der Waals surface area contributed by atoms with Crippen LogP contribution in [0.2, 0.25) is 0 Å². The molecule has 0 aliphatic carbocycles. The highest BCUT2D eigenvalue weighted by atomic mass is 16.1. The quantitative estimate of drug-likeness (QED) is 0.710. The van der Waals surface area contributed by atoms with Gasteiger partial charge in [0.05, 0.1) is 0 Å². The van der Waals surface area contributed by atoms with Gasteiger partial charge in [0.25, 0.3) is 5.56 Å². The molecular weight excluding hydrogens is 190 g/mol. The number of hydrogen-bond acceptors (Lipinski definition) is 2. The van der Waals surface area contributed by atoms with E-state index in [0.717, 1.165) is 11.4 Å². The maximum Gasteiger partial charge on any atom is 0.271 e. The van der Waals surface area contributed by atoms with Gasteiger partial charge in [-0.05, 0) is 24.0 Å². The molecule has 0 unspecified atom stereocenters. The number of aromatic nitrogens is 3. The molecule has 80 valence electrons. The SMILES string of the molecule is Cc1nc2cc(C(C)(C)C)cc(=O)n2[nH]1. The highest BCUT2D eigenvalue weighted by Gasteiger charge is 2.16. The first kappa shape index (κ1) is 9.96. The monoisotopic (exact) mass is 205 g/mol. The average molecular weight is 205 g/mol. The van der Waals surface area contributed by atoms with Crippen molar-refractivity contribution in [2.45, 2.75) is 33.1 Å². The molecule has 0 fully saturated rings. The first-order valence-electron chi connectivity index (χ1n) is 4.98. The highest BCUT2D eigenvalue weighted by Crippen LogP contribution is 2.21. The smallest absolute Gasteiger partial charge is 0.271 e. The number of aromatic amines is 1. The third kappa shape index (κ3) is 1.67. The lowest BCUT2D eigenvalue weighted by atomic mass is 9.88. The molecule has 0 aromatic carbocycles. The fourth-order valence-electron chi connectivity index (χ4n) is 1.54. The molecule has 0 saturated heterocycles. The average Bonchev–Trinajstić information content (AvgIpc) is 2.44. The Morgan fingerprint density at radius 3 is 2.60 bits per heavy atom. The van der Waals surface area contributed by atoms with E-state index >= 15 is 0 Å². The lowest BCUT2D eigenvalue weighted by molar-refractivity contribution is 0.588. The van der Waals surface area contributed by atoms with Crippen LogP contribution in [0.4, 0.5) is 0 Å². The number of nitrogens with zero attached hydrogens (tertiary/aromatic N) is 2. The van der Waals surface area contributed by atoms with Crippen LogP contribution >= 0.6 is 0 Å². The van der Waals surface area contributed by atoms with E-state index < -0.39 is 0 Å². The summed E-state index contributed by atoms with van der Waals surface area (Å²) < 4.78 is 1.46. The number of pyridine rings is 1. The van der Waals surface area contributed by atoms with Crippen molar-refractivity contribution >= 4 is 5.65 Å². The molecule has 0 aliphatic rings. The molecule has 4 heteroatoms. The van der Waals surface area contributed by atoms with Crippen LogP contribution in [0.5, 0.6) is 0 Å². The molecule has 0 bridgehead atoms. The molecule has 4 nitrogen and oxygen atoms in total. The minimum absolute atomic E-state index is 0.0270. The predicted molar refractivity (Wildman–Crippen MR) is 59.2 cm³/mol. The van der Waals surface area contributed by atoms with E-state index in [1.165, 1.54) is 4.52 Å². The normalized spacial score (nSPS) is 12.3. The number of rotatable bonds is 0. The van der Waals surface area contributed by atoms with Crippen LogP contribution in [0.3, 0.4) is 0 Å². The van der Waals surface area contributed by atoms with Crippen LogP contribution in [0, 0.1) is 6.92 Å². The van der Waals surface area contributed by atoms with Gasteiger partial charge in [0, 0.05) is 6.07 Å². The van der Waals surface area contributed by atoms with Gasteiger partial charge >= 0.3 is 0 Å². The van der Waals surface area contributed by atoms with Gasteiger partial charge in [-0.1, -0.05) is 20.8 Å². The second kappa shape index (κ2) is 2.95. The molecule has 0 spiro atoms. The first-order valence-corrected chi connectivity index (χ1v) is 4.98. The summed E-state index contributed by atoms with van der Waals surface area (Å²) >= 11 is 0. The summed E-state index contributed by atoms with van der Waals surface area (Å²) in [7, 11) is 0. The van der Waals surface area contributed by atoms with E-state index in [4.69, 9.17) is 0 Å². The Kier molecular flexibility index (Phi) is 1.96. The Labute approximate surface area is 87.9 Å². The van der Waals surface area contributed by atoms with E-state index in [-0.39, 0.29) is 11.0 Å². The molecule has 2 rings (SSSR count). The molecule has 15 heavy (non-hydrogen) atoms. The summed E-state index contributed by atoms with van der Waals surface area (Å²) in [5, 5.41) is 2.90. The van der Waals surface area contributed by atoms with Gasteiger partial charge in [-0.2, -0.15) is 0 Å². The Bertz CT molecular complexity index is 557. The second-order valence-corrected chi connectivity index (χ2v) is 4.83. The summed E-state index contributed by atoms with van der Waals surface area (Å²) in [5.74, 6) is 0.748. The summed E-state index contributed by atoms with van der Waals surface area (Å²) in [5.41, 5.74) is 1.61. The van der Waals surface area contributed by atoms with Crippen LogP contribution in [0.25, 0.3) is 5.65 Å². The predicted octanol–water partition coefficient (Wildman–Crippen LogP) is 1.63. The topological polar surface area (TPSA) is 50.2 Å². The molecule has 0 amide bonds. The second-order valence-electron chi connectivity index (χ2n) is 4.83. The first-order chi connectivity index (χ1) is 6.88. The van der Waals surface area contributed by atoms with Crippen molar-refractivity contribution in [2.24, 2.45) is 0 Å². The number of nitrogens with one attached hydrogen (secondary N) is 1. The number of hydrogen-bond donors (Lipinski definition) is 1. The van der Waals surface area contributed by atoms with Crippen LogP contribution in [-0.2, 0) is 5.41 Å². The standard InChI is InChI=1S/C11H15N3O/c1-7-12-9-5-8(11(2,3)4)6-10(15)14(9)13-7/h5-6H,1-4H3,(H,12,13). The van der Waals surface area contributed by atoms with Crippen molar-refractivity contribution in [1.82, 2.24) is 14.6 Å². The van der Waals surface area contributed by atoms with Crippen LogP contribution in [0.15, 0.2) is 16.9 Å². The van der Waals surface area contributed by atoms with Gasteiger partial charge in [-0.25, -0.2) is 9.50 Å². The summed E-state index contributed by atoms with van der Waals surface area (Å²) in [6.45, 7) is 8.08. The zero-order chi connectivity index (χ0) is 11.2. The fourth-order valence-corrected chi connectivity index (χ4v) is 1.54. The van der Waals surface area contributed by atoms with Crippen molar-refractivity contribution in [2.75, 3.05) is 0 Å². The lowest BCUT2D eigenvalue weighted by Crippen LogP contribution is -2.19. The van der Waals surface area contributed by atoms with E-state index in [9.17, 15) is 4.79 Å². The number of aryl methyl sites for hydroxylation is 1. The van der Waals surface area contributed by atoms with Gasteiger partial charge in [0.15, 0.2) is 5.65 Å². The molecule has 0 atom stereocenters. The minimum Gasteiger partial charge on any atom is -0.277 e. The fraction of sp³-hybridized carbons (Fsp3) is 0.455. The van der Waals surface area contributed by atoms with E-state index in [2.05, 4.69) is 30.9 Å². The lowest BCUT2D eigenvalue weighted by Gasteiger charge is -2.18. The van der Waals surface area contributed by atoms with Gasteiger partial charge in [-0.15, -0.1) is 0 Å². The molecule has 2 aromatic heterocycles. The molecule has 0 aliphatic heterocycles. The third-order valence-corrected chi connectivity index (χ3v) is 2.43. The van der Waals surface area contributed by atoms with Crippen molar-refractivity contribution < 1.29 is 0 Å². The summed E-state index contributed by atoms with van der Waals surface area (Å²) in [4.78, 5) is 16.0. The van der Waals surface area contributed by atoms with E-state index in [1.54, 1.807) is 6.07 Å². The highest BCUT2D eigenvalue weighted by molar-refractivity contribution is 5.42. The number of H-pyrrole nitrogens is 1. The van der Waals surface area contributed by atoms with E-state index in [0.29, 0.717) is 5.65 Å². The molecule has 1 N–H and O–H groups in total. The Morgan fingerprint density at radius 2 is 2.00 bits per heavy atom. The van der Waals surface area contributed by atoms with E-state index in [1.807, 2.05) is 13.0 Å². The summed E-state index contributed by atoms with van der Waals surface area (Å²) in [6.07, 6.45) is 0. The largest absolute Gasteiger partial charge is 0.277 e. The van der Waals surface area contributed by atoms with Crippen LogP contribution < -0.4 is 5.56 Å². The van der Waals surface area contributed by atoms with Crippen molar-refractivity contribution in [3.8, 4) is 0 Å². The Hall–Kier alpha value is -1.58. The minimum atomic E-state index is -0.0574. The van der Waals surface area contributed by atoms with Gasteiger partial charge in [-0.3, -0.25) is 9.89 Å². The van der Waals surface area contributed by atoms with Crippen molar-refractivity contribution in [3.63, 3.8) is 0 Å². The maximum absolute atomic E-state index is 11.8. The van der Waals surface area contributed by atoms with Crippen LogP contribution in [-0.4, -0.2) is 14.6 Å². The Morgan fingerprint density at radius 1 is 1.33 bits per heavy atom. The molecular formula is C11H15N3O. The van der Waals surface area contributed by atoms with Crippen molar-refractivity contribution in [3.05, 3.63) is 33.9 Å². The number of fused-ring (bicyclic) bond motifs is 1. The van der Waals surface area contributed by atoms with Gasteiger partial charge < -0.3 is 0 Å². The Balaban J connectivity index is 2.78. The zero-order valence-corrected chi connectivity index (χ0v) is 9.46. The summed E-state index contributed by atoms with van der Waals surface area (Å²) in [6, 6.07) is 3.61. The maximum atomic E-state index is 11.8. The van der Waals surface area contributed by atoms with Crippen LogP contribution in [0.1, 0.15) is 32.2 Å². The third-order valence-electron chi connectivity index (χ3n) is 2.43. The van der Waals surface area contributed by atoms with Gasteiger partial charge in [0.2, 0.25) is 0 Å².